The maximum absolute atomic E-state index is 3.53. The third-order valence-electron chi connectivity index (χ3n) is 4.83. The van der Waals surface area contributed by atoms with Crippen molar-refractivity contribution in [1.29, 1.82) is 0 Å². The minimum atomic E-state index is 0.527. The number of halogens is 1. The molecular weight excluding hydrogens is 288 g/mol. The SMILES string of the molecule is CC(c1ccc(Br)cc1)N1CC2CNCC2C1C. The van der Waals surface area contributed by atoms with E-state index in [1.165, 1.54) is 25.2 Å². The highest BCUT2D eigenvalue weighted by molar-refractivity contribution is 9.10. The van der Waals surface area contributed by atoms with Crippen LogP contribution >= 0.6 is 15.9 Å². The molecule has 18 heavy (non-hydrogen) atoms. The monoisotopic (exact) mass is 308 g/mol. The first-order valence-electron chi connectivity index (χ1n) is 6.88. The van der Waals surface area contributed by atoms with Gasteiger partial charge in [-0.3, -0.25) is 4.90 Å². The van der Waals surface area contributed by atoms with Crippen molar-refractivity contribution in [3.63, 3.8) is 0 Å². The van der Waals surface area contributed by atoms with Crippen LogP contribution in [-0.4, -0.2) is 30.6 Å². The van der Waals surface area contributed by atoms with Gasteiger partial charge in [0.2, 0.25) is 0 Å². The molecule has 0 saturated carbocycles. The van der Waals surface area contributed by atoms with Crippen LogP contribution in [0, 0.1) is 11.8 Å². The third kappa shape index (κ3) is 2.13. The summed E-state index contributed by atoms with van der Waals surface area (Å²) in [5.74, 6) is 1.71. The maximum atomic E-state index is 3.53. The van der Waals surface area contributed by atoms with Gasteiger partial charge in [-0.05, 0) is 56.5 Å². The lowest BCUT2D eigenvalue weighted by Gasteiger charge is -2.31. The van der Waals surface area contributed by atoms with E-state index in [1.54, 1.807) is 0 Å². The Morgan fingerprint density at radius 2 is 2.00 bits per heavy atom. The second-order valence-corrected chi connectivity index (χ2v) is 6.66. The predicted molar refractivity (Wildman–Crippen MR) is 78.6 cm³/mol. The van der Waals surface area contributed by atoms with Crippen molar-refractivity contribution < 1.29 is 0 Å². The fourth-order valence-electron chi connectivity index (χ4n) is 3.64. The van der Waals surface area contributed by atoms with Gasteiger partial charge in [-0.15, -0.1) is 0 Å². The molecule has 0 amide bonds. The van der Waals surface area contributed by atoms with E-state index in [-0.39, 0.29) is 0 Å². The Hall–Kier alpha value is -0.380. The second kappa shape index (κ2) is 4.95. The van der Waals surface area contributed by atoms with Crippen LogP contribution < -0.4 is 5.32 Å². The summed E-state index contributed by atoms with van der Waals surface area (Å²) in [5, 5.41) is 3.53. The molecule has 2 saturated heterocycles. The van der Waals surface area contributed by atoms with Crippen molar-refractivity contribution >= 4 is 15.9 Å². The van der Waals surface area contributed by atoms with E-state index in [9.17, 15) is 0 Å². The fourth-order valence-corrected chi connectivity index (χ4v) is 3.91. The van der Waals surface area contributed by atoms with Crippen LogP contribution in [0.15, 0.2) is 28.7 Å². The Bertz CT molecular complexity index is 417. The molecule has 2 nitrogen and oxygen atoms in total. The molecule has 0 bridgehead atoms. The molecule has 3 heteroatoms. The normalized spacial score (nSPS) is 33.6. The Labute approximate surface area is 118 Å². The average Bonchev–Trinajstić information content (AvgIpc) is 2.93. The number of hydrogen-bond acceptors (Lipinski definition) is 2. The highest BCUT2D eigenvalue weighted by Crippen LogP contribution is 2.37. The molecule has 1 aromatic carbocycles. The van der Waals surface area contributed by atoms with Gasteiger partial charge in [0.15, 0.2) is 0 Å². The molecule has 2 fully saturated rings. The van der Waals surface area contributed by atoms with E-state index in [4.69, 9.17) is 0 Å². The van der Waals surface area contributed by atoms with E-state index < -0.39 is 0 Å². The highest BCUT2D eigenvalue weighted by Gasteiger charge is 2.43. The Morgan fingerprint density at radius 3 is 2.67 bits per heavy atom. The maximum Gasteiger partial charge on any atom is 0.0322 e. The van der Waals surface area contributed by atoms with Crippen LogP contribution in [0.3, 0.4) is 0 Å². The molecule has 4 atom stereocenters. The molecule has 98 valence electrons. The van der Waals surface area contributed by atoms with E-state index in [2.05, 4.69) is 64.3 Å². The van der Waals surface area contributed by atoms with Crippen LogP contribution in [0.25, 0.3) is 0 Å². The van der Waals surface area contributed by atoms with Gasteiger partial charge in [-0.1, -0.05) is 28.1 Å². The summed E-state index contributed by atoms with van der Waals surface area (Å²) in [6.45, 7) is 8.39. The Balaban J connectivity index is 1.77. The van der Waals surface area contributed by atoms with Gasteiger partial charge >= 0.3 is 0 Å². The Morgan fingerprint density at radius 1 is 1.28 bits per heavy atom. The van der Waals surface area contributed by atoms with Gasteiger partial charge in [-0.2, -0.15) is 0 Å². The van der Waals surface area contributed by atoms with Crippen molar-refractivity contribution in [2.24, 2.45) is 11.8 Å². The lowest BCUT2D eigenvalue weighted by Crippen LogP contribution is -2.35. The van der Waals surface area contributed by atoms with Crippen LogP contribution in [0.1, 0.15) is 25.5 Å². The summed E-state index contributed by atoms with van der Waals surface area (Å²) in [7, 11) is 0. The first kappa shape index (κ1) is 12.6. The largest absolute Gasteiger partial charge is 0.316 e. The number of nitrogens with one attached hydrogen (secondary N) is 1. The van der Waals surface area contributed by atoms with E-state index in [0.29, 0.717) is 12.1 Å². The van der Waals surface area contributed by atoms with Gasteiger partial charge in [-0.25, -0.2) is 0 Å². The molecule has 2 heterocycles. The summed E-state index contributed by atoms with van der Waals surface area (Å²) in [6, 6.07) is 10.0. The Kier molecular flexibility index (Phi) is 3.48. The topological polar surface area (TPSA) is 15.3 Å². The van der Waals surface area contributed by atoms with Crippen LogP contribution in [0.5, 0.6) is 0 Å². The van der Waals surface area contributed by atoms with Gasteiger partial charge in [0, 0.05) is 23.1 Å². The minimum absolute atomic E-state index is 0.527. The van der Waals surface area contributed by atoms with Crippen molar-refractivity contribution in [2.45, 2.75) is 25.9 Å². The van der Waals surface area contributed by atoms with Gasteiger partial charge in [0.25, 0.3) is 0 Å². The molecule has 0 radical (unpaired) electrons. The average molecular weight is 309 g/mol. The van der Waals surface area contributed by atoms with Crippen molar-refractivity contribution in [2.75, 3.05) is 19.6 Å². The first-order chi connectivity index (χ1) is 8.66. The van der Waals surface area contributed by atoms with Crippen LogP contribution in [0.2, 0.25) is 0 Å². The smallest absolute Gasteiger partial charge is 0.0322 e. The number of nitrogens with zero attached hydrogens (tertiary/aromatic N) is 1. The number of likely N-dealkylation sites (tertiary alicyclic amines) is 1. The van der Waals surface area contributed by atoms with Gasteiger partial charge in [0.05, 0.1) is 0 Å². The number of hydrogen-bond donors (Lipinski definition) is 1. The van der Waals surface area contributed by atoms with E-state index >= 15 is 0 Å². The molecule has 0 spiro atoms. The number of benzene rings is 1. The molecule has 4 unspecified atom stereocenters. The molecule has 2 aliphatic heterocycles. The highest BCUT2D eigenvalue weighted by atomic mass is 79.9. The quantitative estimate of drug-likeness (QED) is 0.903. The second-order valence-electron chi connectivity index (χ2n) is 5.75. The summed E-state index contributed by atoms with van der Waals surface area (Å²) in [4.78, 5) is 2.68. The zero-order chi connectivity index (χ0) is 12.7. The summed E-state index contributed by atoms with van der Waals surface area (Å²) in [5.41, 5.74) is 1.43. The van der Waals surface area contributed by atoms with Crippen molar-refractivity contribution in [3.05, 3.63) is 34.3 Å². The first-order valence-corrected chi connectivity index (χ1v) is 7.68. The third-order valence-corrected chi connectivity index (χ3v) is 5.36. The zero-order valence-electron chi connectivity index (χ0n) is 11.1. The van der Waals surface area contributed by atoms with E-state index in [0.717, 1.165) is 16.3 Å². The lowest BCUT2D eigenvalue weighted by atomic mass is 9.95. The van der Waals surface area contributed by atoms with Gasteiger partial charge in [0.1, 0.15) is 0 Å². The molecule has 3 rings (SSSR count). The fraction of sp³-hybridized carbons (Fsp3) is 0.600. The molecule has 1 aromatic rings. The molecule has 0 aromatic heterocycles. The zero-order valence-corrected chi connectivity index (χ0v) is 12.7. The predicted octanol–water partition coefficient (Wildman–Crippen LogP) is 3.05. The molecule has 0 aliphatic carbocycles. The molecular formula is C15H21BrN2. The standard InChI is InChI=1S/C15H21BrN2/c1-10(12-3-5-14(16)6-4-12)18-9-13-7-17-8-15(13)11(18)2/h3-6,10-11,13,15,17H,7-9H2,1-2H3. The van der Waals surface area contributed by atoms with Gasteiger partial charge < -0.3 is 5.32 Å². The van der Waals surface area contributed by atoms with Crippen LogP contribution in [0.4, 0.5) is 0 Å². The number of fused-ring (bicyclic) bond motifs is 1. The van der Waals surface area contributed by atoms with E-state index in [1.807, 2.05) is 0 Å². The lowest BCUT2D eigenvalue weighted by molar-refractivity contribution is 0.182. The molecule has 2 aliphatic rings. The minimum Gasteiger partial charge on any atom is -0.316 e. The van der Waals surface area contributed by atoms with Crippen molar-refractivity contribution in [1.82, 2.24) is 10.2 Å². The number of rotatable bonds is 2. The summed E-state index contributed by atoms with van der Waals surface area (Å²) in [6.07, 6.45) is 0. The molecule has 1 N–H and O–H groups in total. The van der Waals surface area contributed by atoms with Crippen molar-refractivity contribution in [3.8, 4) is 0 Å². The summed E-state index contributed by atoms with van der Waals surface area (Å²) < 4.78 is 1.16. The summed E-state index contributed by atoms with van der Waals surface area (Å²) >= 11 is 3.51. The van der Waals surface area contributed by atoms with Crippen LogP contribution in [-0.2, 0) is 0 Å².